The topological polar surface area (TPSA) is 59.1 Å². The van der Waals surface area contributed by atoms with Gasteiger partial charge in [0, 0.05) is 0 Å². The van der Waals surface area contributed by atoms with Gasteiger partial charge in [-0.2, -0.15) is 0 Å². The first-order chi connectivity index (χ1) is 8.58. The van der Waals surface area contributed by atoms with Gasteiger partial charge < -0.3 is 10.5 Å². The number of hydrogen-bond acceptors (Lipinski definition) is 2. The third-order valence-electron chi connectivity index (χ3n) is 2.88. The Morgan fingerprint density at radius 2 is 1.78 bits per heavy atom. The molecule has 0 saturated heterocycles. The van der Waals surface area contributed by atoms with E-state index in [0.717, 1.165) is 5.75 Å². The van der Waals surface area contributed by atoms with Crippen molar-refractivity contribution in [2.24, 2.45) is 5.73 Å². The van der Waals surface area contributed by atoms with E-state index in [0.29, 0.717) is 11.3 Å². The molecule has 2 aromatic rings. The van der Waals surface area contributed by atoms with Gasteiger partial charge in [-0.15, -0.1) is 0 Å². The molecule has 92 valence electrons. The summed E-state index contributed by atoms with van der Waals surface area (Å²) in [6, 6.07) is 13.2. The van der Waals surface area contributed by atoms with Crippen molar-refractivity contribution in [2.75, 3.05) is 0 Å². The summed E-state index contributed by atoms with van der Waals surface area (Å²) in [5.41, 5.74) is 8.53. The first-order valence-corrected chi connectivity index (χ1v) is 5.76. The quantitative estimate of drug-likeness (QED) is 0.638. The summed E-state index contributed by atoms with van der Waals surface area (Å²) in [7, 11) is 0. The molecule has 18 heavy (non-hydrogen) atoms. The Hall–Kier alpha value is -2.29. The number of hydrogen-bond donors (Lipinski definition) is 2. The summed E-state index contributed by atoms with van der Waals surface area (Å²) in [6.45, 7) is 4.10. The van der Waals surface area contributed by atoms with Gasteiger partial charge in [0.05, 0.1) is 5.56 Å². The molecule has 3 nitrogen and oxygen atoms in total. The summed E-state index contributed by atoms with van der Waals surface area (Å²) in [4.78, 5) is 0. The predicted octanol–water partition coefficient (Wildman–Crippen LogP) is 3.38. The number of aryl methyl sites for hydroxylation is 2. The second-order valence-corrected chi connectivity index (χ2v) is 4.26. The zero-order valence-electron chi connectivity index (χ0n) is 10.5. The highest BCUT2D eigenvalue weighted by Gasteiger charge is 2.07. The van der Waals surface area contributed by atoms with Crippen LogP contribution < -0.4 is 10.5 Å². The number of nitrogen functional groups attached to an aromatic ring is 1. The van der Waals surface area contributed by atoms with Crippen molar-refractivity contribution < 1.29 is 4.74 Å². The Morgan fingerprint density at radius 1 is 1.06 bits per heavy atom. The molecule has 0 atom stereocenters. The van der Waals surface area contributed by atoms with E-state index in [1.54, 1.807) is 6.07 Å². The van der Waals surface area contributed by atoms with Crippen molar-refractivity contribution in [1.82, 2.24) is 0 Å². The standard InChI is InChI=1S/C15H16N2O/c1-10-7-8-12(9-11(10)2)18-14-6-4-3-5-13(14)15(16)17/h3-9H,1-2H3,(H3,16,17). The molecule has 0 aliphatic carbocycles. The highest BCUT2D eigenvalue weighted by Crippen LogP contribution is 2.26. The van der Waals surface area contributed by atoms with Gasteiger partial charge in [-0.3, -0.25) is 5.41 Å². The van der Waals surface area contributed by atoms with E-state index >= 15 is 0 Å². The summed E-state index contributed by atoms with van der Waals surface area (Å²) in [5.74, 6) is 1.37. The Morgan fingerprint density at radius 3 is 2.44 bits per heavy atom. The number of benzene rings is 2. The molecule has 0 radical (unpaired) electrons. The van der Waals surface area contributed by atoms with E-state index in [1.807, 2.05) is 43.3 Å². The van der Waals surface area contributed by atoms with E-state index < -0.39 is 0 Å². The van der Waals surface area contributed by atoms with Gasteiger partial charge in [-0.1, -0.05) is 18.2 Å². The lowest BCUT2D eigenvalue weighted by Gasteiger charge is -2.11. The molecular formula is C15H16N2O. The van der Waals surface area contributed by atoms with Gasteiger partial charge in [0.1, 0.15) is 17.3 Å². The van der Waals surface area contributed by atoms with Crippen LogP contribution in [0.15, 0.2) is 42.5 Å². The summed E-state index contributed by atoms with van der Waals surface area (Å²) in [6.07, 6.45) is 0. The molecule has 0 unspecified atom stereocenters. The maximum absolute atomic E-state index is 7.52. The van der Waals surface area contributed by atoms with Crippen LogP contribution >= 0.6 is 0 Å². The average molecular weight is 240 g/mol. The molecule has 3 N–H and O–H groups in total. The molecule has 0 fully saturated rings. The molecule has 2 aromatic carbocycles. The van der Waals surface area contributed by atoms with Crippen LogP contribution in [-0.4, -0.2) is 5.84 Å². The molecule has 0 spiro atoms. The Balaban J connectivity index is 2.34. The summed E-state index contributed by atoms with van der Waals surface area (Å²) >= 11 is 0. The molecule has 0 aliphatic heterocycles. The summed E-state index contributed by atoms with van der Waals surface area (Å²) in [5, 5.41) is 7.52. The molecule has 0 amide bonds. The fourth-order valence-corrected chi connectivity index (χ4v) is 1.68. The lowest BCUT2D eigenvalue weighted by Crippen LogP contribution is -2.12. The normalized spacial score (nSPS) is 10.1. The predicted molar refractivity (Wildman–Crippen MR) is 73.4 cm³/mol. The fourth-order valence-electron chi connectivity index (χ4n) is 1.68. The maximum atomic E-state index is 7.52. The first-order valence-electron chi connectivity index (χ1n) is 5.76. The van der Waals surface area contributed by atoms with Crippen molar-refractivity contribution in [3.05, 3.63) is 59.2 Å². The minimum absolute atomic E-state index is 0.00873. The lowest BCUT2D eigenvalue weighted by atomic mass is 10.1. The number of nitrogens with one attached hydrogen (secondary N) is 1. The fraction of sp³-hybridized carbons (Fsp3) is 0.133. The maximum Gasteiger partial charge on any atom is 0.138 e. The third kappa shape index (κ3) is 2.51. The Labute approximate surface area is 107 Å². The van der Waals surface area contributed by atoms with Gasteiger partial charge in [0.15, 0.2) is 0 Å². The van der Waals surface area contributed by atoms with Crippen LogP contribution in [0, 0.1) is 19.3 Å². The van der Waals surface area contributed by atoms with E-state index in [4.69, 9.17) is 15.9 Å². The highest BCUT2D eigenvalue weighted by atomic mass is 16.5. The van der Waals surface area contributed by atoms with Crippen LogP contribution in [0.5, 0.6) is 11.5 Å². The van der Waals surface area contributed by atoms with Gasteiger partial charge in [-0.05, 0) is 49.2 Å². The monoisotopic (exact) mass is 240 g/mol. The summed E-state index contributed by atoms with van der Waals surface area (Å²) < 4.78 is 5.79. The van der Waals surface area contributed by atoms with Crippen LogP contribution in [0.1, 0.15) is 16.7 Å². The second-order valence-electron chi connectivity index (χ2n) is 4.26. The largest absolute Gasteiger partial charge is 0.457 e. The smallest absolute Gasteiger partial charge is 0.138 e. The minimum atomic E-state index is 0.00873. The molecular weight excluding hydrogens is 224 g/mol. The van der Waals surface area contributed by atoms with E-state index in [2.05, 4.69) is 6.92 Å². The first kappa shape index (κ1) is 12.2. The average Bonchev–Trinajstić information content (AvgIpc) is 2.34. The van der Waals surface area contributed by atoms with E-state index in [1.165, 1.54) is 11.1 Å². The zero-order valence-corrected chi connectivity index (χ0v) is 10.5. The number of ether oxygens (including phenoxy) is 1. The van der Waals surface area contributed by atoms with Gasteiger partial charge in [0.25, 0.3) is 0 Å². The minimum Gasteiger partial charge on any atom is -0.457 e. The number of rotatable bonds is 3. The van der Waals surface area contributed by atoms with Gasteiger partial charge in [0.2, 0.25) is 0 Å². The highest BCUT2D eigenvalue weighted by molar-refractivity contribution is 5.97. The molecule has 0 aliphatic rings. The molecule has 0 heterocycles. The van der Waals surface area contributed by atoms with Gasteiger partial charge in [-0.25, -0.2) is 0 Å². The second kappa shape index (κ2) is 4.92. The van der Waals surface area contributed by atoms with Crippen molar-refractivity contribution in [3.8, 4) is 11.5 Å². The molecule has 3 heteroatoms. The van der Waals surface area contributed by atoms with Crippen LogP contribution in [-0.2, 0) is 0 Å². The molecule has 0 saturated carbocycles. The third-order valence-corrected chi connectivity index (χ3v) is 2.88. The Bertz CT molecular complexity index is 591. The molecule has 2 rings (SSSR count). The van der Waals surface area contributed by atoms with E-state index in [-0.39, 0.29) is 5.84 Å². The molecule has 0 aromatic heterocycles. The van der Waals surface area contributed by atoms with E-state index in [9.17, 15) is 0 Å². The zero-order chi connectivity index (χ0) is 13.1. The van der Waals surface area contributed by atoms with Crippen molar-refractivity contribution in [3.63, 3.8) is 0 Å². The van der Waals surface area contributed by atoms with Crippen molar-refractivity contribution in [1.29, 1.82) is 5.41 Å². The Kier molecular flexibility index (Phi) is 3.33. The SMILES string of the molecule is Cc1ccc(Oc2ccccc2C(=N)N)cc1C. The number of nitrogens with two attached hydrogens (primary N) is 1. The van der Waals surface area contributed by atoms with Crippen molar-refractivity contribution >= 4 is 5.84 Å². The number of amidine groups is 1. The van der Waals surface area contributed by atoms with Crippen LogP contribution in [0.3, 0.4) is 0 Å². The van der Waals surface area contributed by atoms with Crippen LogP contribution in [0.4, 0.5) is 0 Å². The van der Waals surface area contributed by atoms with Crippen LogP contribution in [0.2, 0.25) is 0 Å². The number of para-hydroxylation sites is 1. The van der Waals surface area contributed by atoms with Crippen LogP contribution in [0.25, 0.3) is 0 Å². The van der Waals surface area contributed by atoms with Crippen molar-refractivity contribution in [2.45, 2.75) is 13.8 Å². The lowest BCUT2D eigenvalue weighted by molar-refractivity contribution is 0.481. The van der Waals surface area contributed by atoms with Gasteiger partial charge >= 0.3 is 0 Å². The molecule has 0 bridgehead atoms.